The number of fused-ring (bicyclic) bond motifs is 5. The molecule has 2 aliphatic heterocycles. The molecular formula is C37H56F2N6O9S. The summed E-state index contributed by atoms with van der Waals surface area (Å²) < 4.78 is 70.7. The predicted octanol–water partition coefficient (Wildman–Crippen LogP) is 4.22. The fourth-order valence-corrected chi connectivity index (χ4v) is 8.33. The highest BCUT2D eigenvalue weighted by atomic mass is 32.2. The molecule has 6 rings (SSSR count). The summed E-state index contributed by atoms with van der Waals surface area (Å²) in [6, 6.07) is 2.77. The molecule has 55 heavy (non-hydrogen) atoms. The maximum absolute atomic E-state index is 14.7. The van der Waals surface area contributed by atoms with Crippen LogP contribution in [0.25, 0.3) is 11.0 Å². The van der Waals surface area contributed by atoms with Gasteiger partial charge in [0.15, 0.2) is 0 Å². The zero-order chi connectivity index (χ0) is 40.0. The molecule has 3 heterocycles. The molecule has 1 saturated heterocycles. The van der Waals surface area contributed by atoms with E-state index in [4.69, 9.17) is 24.2 Å². The molecule has 1 aromatic heterocycles. The van der Waals surface area contributed by atoms with Crippen molar-refractivity contribution in [3.8, 4) is 11.6 Å². The van der Waals surface area contributed by atoms with Crippen molar-refractivity contribution in [1.82, 2.24) is 30.2 Å². The van der Waals surface area contributed by atoms with E-state index in [1.165, 1.54) is 12.0 Å². The Morgan fingerprint density at radius 1 is 1.13 bits per heavy atom. The van der Waals surface area contributed by atoms with E-state index in [2.05, 4.69) is 10.6 Å². The first-order valence-electron chi connectivity index (χ1n) is 18.7. The number of ether oxygens (including phenoxy) is 3. The molecule has 2 aliphatic carbocycles. The van der Waals surface area contributed by atoms with E-state index in [1.807, 2.05) is 4.72 Å². The Kier molecular flexibility index (Phi) is 11.2. The molecule has 308 valence electrons. The van der Waals surface area contributed by atoms with Gasteiger partial charge in [-0.15, -0.1) is 0 Å². The SMILES string of the molecule is COc1ccc2nc3c(nc2c1)O[C@H]1CN(C(=O)[C@H](C(C)(C)C)NC(=O)O[C@@H]2C[C@H]2CCCCC3)[C@H](C(=O)N[C@]2(C(=O)NS(C)(=O)=O)C[C@H]2CC(F)F)[C@@H]1C.[HH].[HH].[HH]. The summed E-state index contributed by atoms with van der Waals surface area (Å²) in [4.78, 5) is 66.6. The van der Waals surface area contributed by atoms with Gasteiger partial charge in [-0.2, -0.15) is 0 Å². The molecule has 8 atom stereocenters. The standard InChI is InChI=1S/C37H50F2N6O9S.3H2/c1-19-27-18-45(29(19)31(46)43-37(17-21(37)15-28(38)39)34(48)44-55(6,50)51)33(47)30(36(2,3)4)42-35(49)54-26-14-20(26)10-8-7-9-11-24-32(53-27)41-25-16-22(52-5)12-13-23(25)40-24;;;/h12-13,16,19-21,26-30H,7-11,14-15,17-18H2,1-6H3,(H,42,49)(H,43,46)(H,44,48);3*1H/t19-,20-,21-,26-,27+,29+,30-,37-;;;/m1.../s1. The molecule has 0 spiro atoms. The van der Waals surface area contributed by atoms with E-state index >= 15 is 0 Å². The van der Waals surface area contributed by atoms with Crippen LogP contribution in [0.4, 0.5) is 13.6 Å². The Morgan fingerprint density at radius 3 is 2.55 bits per heavy atom. The highest BCUT2D eigenvalue weighted by Gasteiger charge is 2.63. The summed E-state index contributed by atoms with van der Waals surface area (Å²) in [6.45, 7) is 6.76. The molecule has 0 radical (unpaired) electrons. The number of alkyl carbamates (subject to hydrolysis) is 1. The summed E-state index contributed by atoms with van der Waals surface area (Å²) in [6.07, 6.45) is -0.317. The molecular weight excluding hydrogens is 743 g/mol. The molecule has 1 aromatic carbocycles. The van der Waals surface area contributed by atoms with Crippen molar-refractivity contribution in [3.63, 3.8) is 0 Å². The van der Waals surface area contributed by atoms with Crippen molar-refractivity contribution < 1.29 is 54.9 Å². The van der Waals surface area contributed by atoms with Crippen molar-refractivity contribution >= 4 is 44.9 Å². The fraction of sp³-hybridized carbons (Fsp3) is 0.676. The lowest BCUT2D eigenvalue weighted by Gasteiger charge is -2.36. The van der Waals surface area contributed by atoms with E-state index in [9.17, 15) is 36.4 Å². The van der Waals surface area contributed by atoms with E-state index in [1.54, 1.807) is 45.9 Å². The van der Waals surface area contributed by atoms with Gasteiger partial charge in [-0.05, 0) is 61.5 Å². The topological polar surface area (TPSA) is 195 Å². The maximum atomic E-state index is 14.7. The second kappa shape index (κ2) is 15.3. The van der Waals surface area contributed by atoms with Crippen LogP contribution in [0.3, 0.4) is 0 Å². The van der Waals surface area contributed by atoms with Gasteiger partial charge < -0.3 is 29.7 Å². The molecule has 2 saturated carbocycles. The summed E-state index contributed by atoms with van der Waals surface area (Å²) in [5.41, 5.74) is -1.12. The minimum atomic E-state index is -4.12. The smallest absolute Gasteiger partial charge is 0.408 e. The van der Waals surface area contributed by atoms with Gasteiger partial charge in [-0.3, -0.25) is 19.1 Å². The maximum Gasteiger partial charge on any atom is 0.408 e. The number of hydrogen-bond donors (Lipinski definition) is 3. The zero-order valence-corrected chi connectivity index (χ0v) is 32.7. The largest absolute Gasteiger partial charge is 0.497 e. The van der Waals surface area contributed by atoms with E-state index in [0.29, 0.717) is 35.3 Å². The predicted molar refractivity (Wildman–Crippen MR) is 201 cm³/mol. The van der Waals surface area contributed by atoms with Crippen molar-refractivity contribution in [2.75, 3.05) is 19.9 Å². The van der Waals surface area contributed by atoms with Gasteiger partial charge in [0.2, 0.25) is 34.1 Å². The number of nitrogens with one attached hydrogen (secondary N) is 3. The second-order valence-electron chi connectivity index (χ2n) is 16.5. The number of methoxy groups -OCH3 is 1. The third-order valence-electron chi connectivity index (χ3n) is 11.1. The van der Waals surface area contributed by atoms with E-state index < -0.39 is 87.7 Å². The first-order chi connectivity index (χ1) is 25.8. The highest BCUT2D eigenvalue weighted by molar-refractivity contribution is 7.89. The van der Waals surface area contributed by atoms with Crippen LogP contribution in [0.1, 0.15) is 82.6 Å². The number of halogens is 2. The lowest BCUT2D eigenvalue weighted by atomic mass is 9.85. The number of benzene rings is 1. The Hall–Kier alpha value is -4.35. The quantitative estimate of drug-likeness (QED) is 0.363. The number of rotatable bonds is 7. The number of sulfonamides is 1. The van der Waals surface area contributed by atoms with Crippen LogP contribution < -0.4 is 24.8 Å². The molecule has 3 fully saturated rings. The average molecular weight is 799 g/mol. The summed E-state index contributed by atoms with van der Waals surface area (Å²) >= 11 is 0. The minimum Gasteiger partial charge on any atom is -0.497 e. The van der Waals surface area contributed by atoms with Crippen molar-refractivity contribution in [2.45, 2.75) is 115 Å². The first kappa shape index (κ1) is 40.3. The van der Waals surface area contributed by atoms with Crippen molar-refractivity contribution in [2.24, 2.45) is 23.2 Å². The number of alkyl halides is 2. The molecule has 2 aromatic rings. The molecule has 3 N–H and O–H groups in total. The van der Waals surface area contributed by atoms with E-state index in [0.717, 1.165) is 31.9 Å². The lowest BCUT2D eigenvalue weighted by Crippen LogP contribution is -2.61. The van der Waals surface area contributed by atoms with E-state index in [-0.39, 0.29) is 35.1 Å². The molecule has 4 amide bonds. The van der Waals surface area contributed by atoms with Gasteiger partial charge in [-0.25, -0.2) is 32.0 Å². The fourth-order valence-electron chi connectivity index (χ4n) is 7.81. The number of carbonyl (C=O) groups excluding carboxylic acids is 4. The molecule has 0 unspecified atom stereocenters. The van der Waals surface area contributed by atoms with Crippen LogP contribution in [-0.2, 0) is 35.6 Å². The number of aryl methyl sites for hydroxylation is 1. The molecule has 4 aliphatic rings. The highest BCUT2D eigenvalue weighted by Crippen LogP contribution is 2.48. The Labute approximate surface area is 323 Å². The molecule has 15 nitrogen and oxygen atoms in total. The number of amides is 4. The Balaban J connectivity index is 0.00000300. The third-order valence-corrected chi connectivity index (χ3v) is 11.7. The monoisotopic (exact) mass is 798 g/mol. The second-order valence-corrected chi connectivity index (χ2v) is 18.2. The Morgan fingerprint density at radius 2 is 1.87 bits per heavy atom. The molecule has 2 bridgehead atoms. The van der Waals surface area contributed by atoms with Crippen LogP contribution in [0.5, 0.6) is 11.6 Å². The van der Waals surface area contributed by atoms with Gasteiger partial charge in [0.1, 0.15) is 41.3 Å². The summed E-state index contributed by atoms with van der Waals surface area (Å²) in [5.74, 6) is -3.53. The summed E-state index contributed by atoms with van der Waals surface area (Å²) in [7, 11) is -2.59. The normalized spacial score (nSPS) is 30.1. The number of nitrogens with zero attached hydrogens (tertiary/aromatic N) is 3. The van der Waals surface area contributed by atoms with Gasteiger partial charge in [0.25, 0.3) is 5.91 Å². The summed E-state index contributed by atoms with van der Waals surface area (Å²) in [5, 5.41) is 5.31. The zero-order valence-electron chi connectivity index (χ0n) is 31.9. The van der Waals surface area contributed by atoms with Crippen LogP contribution in [-0.4, -0.2) is 103 Å². The Bertz CT molecular complexity index is 1960. The van der Waals surface area contributed by atoms with Gasteiger partial charge in [0, 0.05) is 22.7 Å². The number of aromatic nitrogens is 2. The van der Waals surface area contributed by atoms with Crippen LogP contribution in [0, 0.1) is 23.2 Å². The average Bonchev–Trinajstić information content (AvgIpc) is 3.96. The van der Waals surface area contributed by atoms with Crippen LogP contribution in [0.15, 0.2) is 18.2 Å². The van der Waals surface area contributed by atoms with Crippen LogP contribution >= 0.6 is 0 Å². The van der Waals surface area contributed by atoms with Gasteiger partial charge in [0.05, 0.1) is 30.9 Å². The lowest BCUT2D eigenvalue weighted by molar-refractivity contribution is -0.143. The number of carbonyl (C=O) groups is 4. The third kappa shape index (κ3) is 9.04. The van der Waals surface area contributed by atoms with Crippen molar-refractivity contribution in [1.29, 1.82) is 0 Å². The first-order valence-corrected chi connectivity index (χ1v) is 20.6. The number of hydrogen-bond acceptors (Lipinski definition) is 11. The van der Waals surface area contributed by atoms with Gasteiger partial charge in [-0.1, -0.05) is 40.5 Å². The molecule has 18 heteroatoms. The minimum absolute atomic E-state index is 0. The van der Waals surface area contributed by atoms with Crippen molar-refractivity contribution in [3.05, 3.63) is 23.9 Å². The van der Waals surface area contributed by atoms with Crippen LogP contribution in [0.2, 0.25) is 0 Å². The van der Waals surface area contributed by atoms with Gasteiger partial charge >= 0.3 is 6.09 Å².